The minimum Gasteiger partial charge on any atom is -0.496 e. The molecule has 1 aliphatic rings. The van der Waals surface area contributed by atoms with Gasteiger partial charge < -0.3 is 29.2 Å². The first-order chi connectivity index (χ1) is 19.7. The molecule has 1 fully saturated rings. The smallest absolute Gasteiger partial charge is 0.256 e. The number of nitrogens with one attached hydrogen (secondary N) is 2. The minimum atomic E-state index is -0.282. The molecule has 5 rings (SSSR count). The van der Waals surface area contributed by atoms with E-state index < -0.39 is 0 Å². The van der Waals surface area contributed by atoms with Gasteiger partial charge in [0.25, 0.3) is 11.5 Å². The molecule has 2 N–H and O–H groups in total. The summed E-state index contributed by atoms with van der Waals surface area (Å²) >= 11 is 0. The summed E-state index contributed by atoms with van der Waals surface area (Å²) in [5.74, 6) is 0.172. The van der Waals surface area contributed by atoms with Gasteiger partial charge in [0.15, 0.2) is 0 Å². The van der Waals surface area contributed by atoms with E-state index in [2.05, 4.69) is 49.1 Å². The number of piperazine rings is 1. The predicted molar refractivity (Wildman–Crippen MR) is 162 cm³/mol. The average molecular weight is 555 g/mol. The van der Waals surface area contributed by atoms with Crippen LogP contribution in [0.5, 0.6) is 5.75 Å². The van der Waals surface area contributed by atoms with Crippen LogP contribution in [0, 0.1) is 20.8 Å². The van der Waals surface area contributed by atoms with Crippen LogP contribution in [0.1, 0.15) is 45.5 Å². The normalized spacial score (nSPS) is 13.9. The third kappa shape index (κ3) is 5.50. The van der Waals surface area contributed by atoms with Crippen molar-refractivity contribution >= 4 is 17.1 Å². The number of hydrogen-bond acceptors (Lipinski definition) is 6. The Hall–Kier alpha value is -4.37. The Morgan fingerprint density at radius 2 is 1.88 bits per heavy atom. The van der Waals surface area contributed by atoms with Crippen LogP contribution in [0.2, 0.25) is 0 Å². The van der Waals surface area contributed by atoms with Gasteiger partial charge in [-0.1, -0.05) is 19.6 Å². The number of aromatic nitrogens is 3. The Labute approximate surface area is 240 Å². The molecule has 0 atom stereocenters. The molecule has 4 aromatic rings. The quantitative estimate of drug-likeness (QED) is 0.340. The third-order valence-electron chi connectivity index (χ3n) is 8.02. The highest BCUT2D eigenvalue weighted by Gasteiger charge is 2.25. The molecule has 0 unspecified atom stereocenters. The average Bonchev–Trinajstić information content (AvgIpc) is 3.39. The van der Waals surface area contributed by atoms with Crippen LogP contribution in [0.15, 0.2) is 54.1 Å². The molecule has 41 heavy (non-hydrogen) atoms. The summed E-state index contributed by atoms with van der Waals surface area (Å²) < 4.78 is 7.55. The standard InChI is InChI=1S/C32H38N6O3/c1-7-36-12-14-37(15-13-36)23(5)30-22(4)26(31(39)34-19-27-29(41-6)16-21(3)35-32(27)40)17-28-25(10-11-38(28)30)24-9-8-20(2)33-18-24/h8-11,16-18H,5,7,12-15,19H2,1-4,6H3,(H,34,39)(H,35,40). The lowest BCUT2D eigenvalue weighted by atomic mass is 10.0. The summed E-state index contributed by atoms with van der Waals surface area (Å²) in [4.78, 5) is 38.4. The van der Waals surface area contributed by atoms with Gasteiger partial charge in [-0.05, 0) is 57.1 Å². The van der Waals surface area contributed by atoms with Crippen LogP contribution in [-0.4, -0.2) is 69.9 Å². The number of carbonyl (C=O) groups excluding carboxylic acids is 1. The molecule has 214 valence electrons. The number of nitrogens with zero attached hydrogens (tertiary/aromatic N) is 4. The number of hydrogen-bond donors (Lipinski definition) is 2. The van der Waals surface area contributed by atoms with Gasteiger partial charge in [0.05, 0.1) is 36.1 Å². The maximum atomic E-state index is 13.8. The van der Waals surface area contributed by atoms with Crippen LogP contribution in [0.25, 0.3) is 22.3 Å². The number of ether oxygens (including phenoxy) is 1. The van der Waals surface area contributed by atoms with Crippen LogP contribution in [0.4, 0.5) is 0 Å². The van der Waals surface area contributed by atoms with E-state index >= 15 is 0 Å². The van der Waals surface area contributed by atoms with E-state index in [4.69, 9.17) is 4.74 Å². The second kappa shape index (κ2) is 11.6. The number of fused-ring (bicyclic) bond motifs is 1. The molecule has 1 aliphatic heterocycles. The highest BCUT2D eigenvalue weighted by molar-refractivity contribution is 5.99. The fourth-order valence-electron chi connectivity index (χ4n) is 5.59. The van der Waals surface area contributed by atoms with E-state index in [0.29, 0.717) is 22.6 Å². The van der Waals surface area contributed by atoms with Crippen molar-refractivity contribution in [2.45, 2.75) is 34.2 Å². The number of aryl methyl sites for hydroxylation is 2. The lowest BCUT2D eigenvalue weighted by Gasteiger charge is -2.37. The van der Waals surface area contributed by atoms with E-state index in [1.165, 1.54) is 7.11 Å². The summed E-state index contributed by atoms with van der Waals surface area (Å²) in [7, 11) is 1.52. The van der Waals surface area contributed by atoms with E-state index in [1.54, 1.807) is 13.0 Å². The van der Waals surface area contributed by atoms with Gasteiger partial charge in [0.2, 0.25) is 0 Å². The number of aromatic amines is 1. The number of methoxy groups -OCH3 is 1. The van der Waals surface area contributed by atoms with Gasteiger partial charge in [0, 0.05) is 66.7 Å². The van der Waals surface area contributed by atoms with Crippen molar-refractivity contribution in [2.75, 3.05) is 39.8 Å². The number of pyridine rings is 3. The van der Waals surface area contributed by atoms with Gasteiger partial charge in [-0.25, -0.2) is 0 Å². The molecule has 5 heterocycles. The van der Waals surface area contributed by atoms with Crippen molar-refractivity contribution in [1.82, 2.24) is 29.5 Å². The topological polar surface area (TPSA) is 95.0 Å². The summed E-state index contributed by atoms with van der Waals surface area (Å²) in [6.45, 7) is 17.2. The zero-order valence-corrected chi connectivity index (χ0v) is 24.5. The van der Waals surface area contributed by atoms with Gasteiger partial charge in [-0.3, -0.25) is 14.6 Å². The number of H-pyrrole nitrogens is 1. The molecule has 9 nitrogen and oxygen atoms in total. The number of carbonyl (C=O) groups is 1. The highest BCUT2D eigenvalue weighted by Crippen LogP contribution is 2.33. The molecule has 0 saturated carbocycles. The van der Waals surface area contributed by atoms with Gasteiger partial charge >= 0.3 is 0 Å². The van der Waals surface area contributed by atoms with Crippen molar-refractivity contribution in [3.05, 3.63) is 93.4 Å². The van der Waals surface area contributed by atoms with Crippen molar-refractivity contribution in [3.63, 3.8) is 0 Å². The van der Waals surface area contributed by atoms with Crippen LogP contribution in [0.3, 0.4) is 0 Å². The Morgan fingerprint density at radius 3 is 2.54 bits per heavy atom. The van der Waals surface area contributed by atoms with Gasteiger partial charge in [-0.15, -0.1) is 0 Å². The van der Waals surface area contributed by atoms with Crippen LogP contribution >= 0.6 is 0 Å². The first kappa shape index (κ1) is 28.2. The van der Waals surface area contributed by atoms with Crippen molar-refractivity contribution < 1.29 is 9.53 Å². The number of rotatable bonds is 8. The van der Waals surface area contributed by atoms with E-state index in [-0.39, 0.29) is 18.0 Å². The Kier molecular flexibility index (Phi) is 7.99. The summed E-state index contributed by atoms with van der Waals surface area (Å²) in [6.07, 6.45) is 3.90. The summed E-state index contributed by atoms with van der Waals surface area (Å²) in [5, 5.41) is 2.96. The van der Waals surface area contributed by atoms with Gasteiger partial charge in [-0.2, -0.15) is 0 Å². The van der Waals surface area contributed by atoms with E-state index in [9.17, 15) is 9.59 Å². The van der Waals surface area contributed by atoms with Crippen molar-refractivity contribution in [2.24, 2.45) is 0 Å². The highest BCUT2D eigenvalue weighted by atomic mass is 16.5. The summed E-state index contributed by atoms with van der Waals surface area (Å²) in [5.41, 5.74) is 7.70. The zero-order chi connectivity index (χ0) is 29.3. The lowest BCUT2D eigenvalue weighted by molar-refractivity contribution is 0.0950. The first-order valence-corrected chi connectivity index (χ1v) is 14.0. The molecule has 0 aliphatic carbocycles. The second-order valence-electron chi connectivity index (χ2n) is 10.6. The van der Waals surface area contributed by atoms with E-state index in [1.807, 2.05) is 44.4 Å². The number of amides is 1. The molecule has 1 saturated heterocycles. The second-order valence-corrected chi connectivity index (χ2v) is 10.6. The predicted octanol–water partition coefficient (Wildman–Crippen LogP) is 4.16. The first-order valence-electron chi connectivity index (χ1n) is 14.0. The van der Waals surface area contributed by atoms with Gasteiger partial charge in [0.1, 0.15) is 5.75 Å². The third-order valence-corrected chi connectivity index (χ3v) is 8.02. The molecule has 4 aromatic heterocycles. The van der Waals surface area contributed by atoms with Crippen LogP contribution in [-0.2, 0) is 6.54 Å². The fraction of sp³-hybridized carbons (Fsp3) is 0.344. The SMILES string of the molecule is C=C(c1c(C)c(C(=O)NCc2c(OC)cc(C)[nH]c2=O)cc2c(-c3ccc(C)nc3)ccn12)N1CCN(CC)CC1. The molecule has 0 spiro atoms. The Balaban J connectivity index is 1.57. The van der Waals surface area contributed by atoms with Crippen molar-refractivity contribution in [3.8, 4) is 16.9 Å². The van der Waals surface area contributed by atoms with E-state index in [0.717, 1.165) is 72.0 Å². The molecule has 9 heteroatoms. The Bertz CT molecular complexity index is 1660. The van der Waals surface area contributed by atoms with Crippen molar-refractivity contribution in [1.29, 1.82) is 0 Å². The zero-order valence-electron chi connectivity index (χ0n) is 24.5. The lowest BCUT2D eigenvalue weighted by Crippen LogP contribution is -2.45. The maximum absolute atomic E-state index is 13.8. The molecule has 0 aromatic carbocycles. The Morgan fingerprint density at radius 1 is 1.12 bits per heavy atom. The number of likely N-dealkylation sites (N-methyl/N-ethyl adjacent to an activating group) is 1. The largest absolute Gasteiger partial charge is 0.496 e. The molecule has 0 radical (unpaired) electrons. The minimum absolute atomic E-state index is 0.0350. The summed E-state index contributed by atoms with van der Waals surface area (Å²) in [6, 6.07) is 9.77. The molecule has 0 bridgehead atoms. The maximum Gasteiger partial charge on any atom is 0.256 e. The van der Waals surface area contributed by atoms with Crippen LogP contribution < -0.4 is 15.6 Å². The molecular formula is C32H38N6O3. The molecular weight excluding hydrogens is 516 g/mol. The fourth-order valence-corrected chi connectivity index (χ4v) is 5.59. The monoisotopic (exact) mass is 554 g/mol. The molecule has 1 amide bonds.